The van der Waals surface area contributed by atoms with E-state index in [0.717, 1.165) is 5.75 Å². The molecule has 0 aliphatic rings. The molecule has 5 nitrogen and oxygen atoms in total. The minimum atomic E-state index is -0.599. The van der Waals surface area contributed by atoms with Crippen LogP contribution in [0, 0.1) is 0 Å². The summed E-state index contributed by atoms with van der Waals surface area (Å²) in [7, 11) is 1.30. The van der Waals surface area contributed by atoms with E-state index in [1.807, 2.05) is 6.26 Å². The van der Waals surface area contributed by atoms with E-state index in [9.17, 15) is 9.59 Å². The molecular weight excluding hydrogens is 228 g/mol. The highest BCUT2D eigenvalue weighted by atomic mass is 32.2. The Morgan fingerprint density at radius 1 is 1.50 bits per heavy atom. The van der Waals surface area contributed by atoms with Gasteiger partial charge in [-0.3, -0.25) is 4.79 Å². The Hall–Kier alpha value is -0.750. The molecule has 0 saturated carbocycles. The Bertz CT molecular complexity index is 236. The first-order valence-corrected chi connectivity index (χ1v) is 6.58. The van der Waals surface area contributed by atoms with Gasteiger partial charge in [0.25, 0.3) is 0 Å². The summed E-state index contributed by atoms with van der Waals surface area (Å²) in [6.07, 6.45) is 3.05. The number of carbonyl (C=O) groups excluding carboxylic acids is 2. The summed E-state index contributed by atoms with van der Waals surface area (Å²) in [5, 5.41) is 2.58. The smallest absolute Gasteiger partial charge is 0.328 e. The quantitative estimate of drug-likeness (QED) is 0.626. The van der Waals surface area contributed by atoms with Gasteiger partial charge in [0.1, 0.15) is 6.04 Å². The predicted molar refractivity (Wildman–Crippen MR) is 65.2 cm³/mol. The molecule has 94 valence electrons. The average molecular weight is 248 g/mol. The molecule has 0 aromatic rings. The second kappa shape index (κ2) is 8.41. The van der Waals surface area contributed by atoms with Gasteiger partial charge in [-0.05, 0) is 24.9 Å². The first-order valence-electron chi connectivity index (χ1n) is 5.19. The summed E-state index contributed by atoms with van der Waals surface area (Å²) in [5.41, 5.74) is 5.67. The Kier molecular flexibility index (Phi) is 8.01. The molecule has 16 heavy (non-hydrogen) atoms. The van der Waals surface area contributed by atoms with Crippen LogP contribution in [0.4, 0.5) is 0 Å². The Balaban J connectivity index is 4.13. The molecule has 3 N–H and O–H groups in total. The number of nitrogens with two attached hydrogens (primary N) is 1. The average Bonchev–Trinajstić information content (AvgIpc) is 2.31. The molecule has 0 aliphatic heterocycles. The number of methoxy groups -OCH3 is 1. The van der Waals surface area contributed by atoms with Gasteiger partial charge in [-0.2, -0.15) is 11.8 Å². The van der Waals surface area contributed by atoms with E-state index in [1.165, 1.54) is 7.11 Å². The van der Waals surface area contributed by atoms with Crippen LogP contribution < -0.4 is 11.1 Å². The number of hydrogen-bond acceptors (Lipinski definition) is 5. The van der Waals surface area contributed by atoms with Crippen LogP contribution >= 0.6 is 11.8 Å². The van der Waals surface area contributed by atoms with Crippen molar-refractivity contribution in [2.45, 2.75) is 31.8 Å². The number of rotatable bonds is 7. The zero-order chi connectivity index (χ0) is 12.6. The van der Waals surface area contributed by atoms with Crippen molar-refractivity contribution in [3.05, 3.63) is 0 Å². The lowest BCUT2D eigenvalue weighted by atomic mass is 10.2. The molecule has 1 unspecified atom stereocenters. The third-order valence-corrected chi connectivity index (χ3v) is 2.82. The number of carbonyl (C=O) groups is 2. The lowest BCUT2D eigenvalue weighted by Gasteiger charge is -2.17. The molecule has 6 heteroatoms. The maximum absolute atomic E-state index is 11.6. The highest BCUT2D eigenvalue weighted by Gasteiger charge is 2.22. The Morgan fingerprint density at radius 3 is 2.56 bits per heavy atom. The van der Waals surface area contributed by atoms with Gasteiger partial charge in [0.2, 0.25) is 5.91 Å². The standard InChI is InChI=1S/C10H20N2O3S/c1-4-8(10(14)15-2)12-9(13)7(11)5-6-16-3/h7-8H,4-6,11H2,1-3H3,(H,12,13)/t7-,8?/m0/s1. The van der Waals surface area contributed by atoms with Gasteiger partial charge in [0.15, 0.2) is 0 Å². The first kappa shape index (κ1) is 15.2. The van der Waals surface area contributed by atoms with Gasteiger partial charge in [0, 0.05) is 0 Å². The van der Waals surface area contributed by atoms with Crippen molar-refractivity contribution >= 4 is 23.6 Å². The monoisotopic (exact) mass is 248 g/mol. The molecule has 0 aliphatic carbocycles. The second-order valence-corrected chi connectivity index (χ2v) is 4.37. The molecule has 0 aromatic heterocycles. The van der Waals surface area contributed by atoms with Crippen molar-refractivity contribution in [1.29, 1.82) is 0 Å². The molecule has 2 atom stereocenters. The lowest BCUT2D eigenvalue weighted by molar-refractivity contribution is -0.145. The number of thioether (sulfide) groups is 1. The SMILES string of the molecule is CCC(NC(=O)[C@@H](N)CCSC)C(=O)OC. The van der Waals surface area contributed by atoms with E-state index in [2.05, 4.69) is 10.1 Å². The molecule has 0 bridgehead atoms. The number of ether oxygens (including phenoxy) is 1. The van der Waals surface area contributed by atoms with Gasteiger partial charge in [-0.25, -0.2) is 4.79 Å². The van der Waals surface area contributed by atoms with Crippen LogP contribution in [0.15, 0.2) is 0 Å². The molecular formula is C10H20N2O3S. The molecule has 0 spiro atoms. The fraction of sp³-hybridized carbons (Fsp3) is 0.800. The van der Waals surface area contributed by atoms with E-state index in [0.29, 0.717) is 12.8 Å². The molecule has 0 fully saturated rings. The normalized spacial score (nSPS) is 14.0. The van der Waals surface area contributed by atoms with Crippen molar-refractivity contribution in [2.24, 2.45) is 5.73 Å². The Morgan fingerprint density at radius 2 is 2.12 bits per heavy atom. The van der Waals surface area contributed by atoms with E-state index in [4.69, 9.17) is 5.73 Å². The lowest BCUT2D eigenvalue weighted by Crippen LogP contribution is -2.48. The predicted octanol–water partition coefficient (Wildman–Crippen LogP) is 0.135. The molecule has 0 rings (SSSR count). The summed E-state index contributed by atoms with van der Waals surface area (Å²) in [6, 6.07) is -1.16. The minimum Gasteiger partial charge on any atom is -0.467 e. The van der Waals surface area contributed by atoms with Gasteiger partial charge in [-0.15, -0.1) is 0 Å². The first-order chi connectivity index (χ1) is 7.56. The third-order valence-electron chi connectivity index (χ3n) is 2.18. The fourth-order valence-corrected chi connectivity index (χ4v) is 1.61. The van der Waals surface area contributed by atoms with Crippen molar-refractivity contribution in [3.8, 4) is 0 Å². The second-order valence-electron chi connectivity index (χ2n) is 3.38. The van der Waals surface area contributed by atoms with Gasteiger partial charge < -0.3 is 15.8 Å². The van der Waals surface area contributed by atoms with Crippen molar-refractivity contribution < 1.29 is 14.3 Å². The highest BCUT2D eigenvalue weighted by molar-refractivity contribution is 7.98. The minimum absolute atomic E-state index is 0.300. The van der Waals surface area contributed by atoms with Crippen molar-refractivity contribution in [2.75, 3.05) is 19.1 Å². The maximum atomic E-state index is 11.6. The van der Waals surface area contributed by atoms with Crippen LogP contribution in [0.1, 0.15) is 19.8 Å². The number of nitrogens with one attached hydrogen (secondary N) is 1. The molecule has 0 radical (unpaired) electrons. The van der Waals surface area contributed by atoms with Crippen LogP contribution in [0.3, 0.4) is 0 Å². The van der Waals surface area contributed by atoms with Crippen molar-refractivity contribution in [1.82, 2.24) is 5.32 Å². The van der Waals surface area contributed by atoms with E-state index >= 15 is 0 Å². The van der Waals surface area contributed by atoms with Crippen LogP contribution in [0.25, 0.3) is 0 Å². The van der Waals surface area contributed by atoms with E-state index < -0.39 is 18.1 Å². The van der Waals surface area contributed by atoms with Crippen LogP contribution in [0.2, 0.25) is 0 Å². The molecule has 0 heterocycles. The largest absolute Gasteiger partial charge is 0.467 e. The maximum Gasteiger partial charge on any atom is 0.328 e. The molecule has 0 aromatic carbocycles. The summed E-state index contributed by atoms with van der Waals surface area (Å²) >= 11 is 1.63. The van der Waals surface area contributed by atoms with E-state index in [1.54, 1.807) is 18.7 Å². The topological polar surface area (TPSA) is 81.4 Å². The summed E-state index contributed by atoms with van der Waals surface area (Å²) in [6.45, 7) is 1.80. The Labute approximate surface area is 100 Å². The molecule has 0 saturated heterocycles. The zero-order valence-electron chi connectivity index (χ0n) is 9.99. The van der Waals surface area contributed by atoms with Gasteiger partial charge in [-0.1, -0.05) is 6.92 Å². The van der Waals surface area contributed by atoms with Crippen molar-refractivity contribution in [3.63, 3.8) is 0 Å². The van der Waals surface area contributed by atoms with E-state index in [-0.39, 0.29) is 5.91 Å². The number of hydrogen-bond donors (Lipinski definition) is 2. The summed E-state index contributed by atoms with van der Waals surface area (Å²) in [5.74, 6) is 0.0862. The zero-order valence-corrected chi connectivity index (χ0v) is 10.8. The van der Waals surface area contributed by atoms with Crippen LogP contribution in [-0.2, 0) is 14.3 Å². The van der Waals surface area contributed by atoms with Crippen LogP contribution in [-0.4, -0.2) is 43.1 Å². The van der Waals surface area contributed by atoms with Gasteiger partial charge in [0.05, 0.1) is 13.2 Å². The summed E-state index contributed by atoms with van der Waals surface area (Å²) in [4.78, 5) is 22.8. The summed E-state index contributed by atoms with van der Waals surface area (Å²) < 4.78 is 4.57. The number of amides is 1. The van der Waals surface area contributed by atoms with Crippen LogP contribution in [0.5, 0.6) is 0 Å². The fourth-order valence-electron chi connectivity index (χ4n) is 1.12. The highest BCUT2D eigenvalue weighted by Crippen LogP contribution is 2.00. The molecule has 1 amide bonds. The third kappa shape index (κ3) is 5.37. The van der Waals surface area contributed by atoms with Gasteiger partial charge >= 0.3 is 5.97 Å². The number of esters is 1.